The molecule has 0 spiro atoms. The van der Waals surface area contributed by atoms with Crippen LogP contribution in [0.1, 0.15) is 18.3 Å². The smallest absolute Gasteiger partial charge is 0.318 e. The lowest BCUT2D eigenvalue weighted by molar-refractivity contribution is 0.172. The van der Waals surface area contributed by atoms with Crippen molar-refractivity contribution in [1.82, 2.24) is 29.8 Å². The maximum Gasteiger partial charge on any atom is 0.318 e. The molecule has 1 aliphatic rings. The molecule has 4 aromatic rings. The van der Waals surface area contributed by atoms with Crippen molar-refractivity contribution in [1.29, 1.82) is 0 Å². The molecule has 34 heavy (non-hydrogen) atoms. The Labute approximate surface area is 202 Å². The first kappa shape index (κ1) is 22.2. The molecule has 2 aromatic carbocycles. The second-order valence-corrected chi connectivity index (χ2v) is 8.91. The highest BCUT2D eigenvalue weighted by molar-refractivity contribution is 6.31. The van der Waals surface area contributed by atoms with Crippen molar-refractivity contribution < 1.29 is 4.79 Å². The van der Waals surface area contributed by atoms with Crippen molar-refractivity contribution >= 4 is 40.1 Å². The van der Waals surface area contributed by atoms with Crippen molar-refractivity contribution in [2.45, 2.75) is 19.4 Å². The molecule has 0 radical (unpaired) electrons. The van der Waals surface area contributed by atoms with Crippen molar-refractivity contribution in [3.63, 3.8) is 0 Å². The Balaban J connectivity index is 1.55. The number of anilines is 1. The normalized spacial score (nSPS) is 16.2. The molecule has 1 fully saturated rings. The minimum atomic E-state index is -0.0792. The molecule has 1 N–H and O–H groups in total. The van der Waals surface area contributed by atoms with Gasteiger partial charge >= 0.3 is 6.03 Å². The summed E-state index contributed by atoms with van der Waals surface area (Å²) in [7, 11) is 0. The van der Waals surface area contributed by atoms with Gasteiger partial charge in [0, 0.05) is 49.1 Å². The molecule has 1 atom stereocenters. The molecule has 9 heteroatoms. The first-order valence-corrected chi connectivity index (χ1v) is 11.7. The average Bonchev–Trinajstić information content (AvgIpc) is 3.26. The predicted octanol–water partition coefficient (Wildman–Crippen LogP) is 3.93. The van der Waals surface area contributed by atoms with Crippen molar-refractivity contribution in [3.8, 4) is 0 Å². The van der Waals surface area contributed by atoms with Crippen LogP contribution in [0.15, 0.2) is 61.2 Å². The Bertz CT molecular complexity index is 1350. The SMILES string of the molecule is C=CCNC(=O)N1CCN(c2nc3cc(Cl)ccc3c3nnc(Cc4ccccc4)n23)CC1C. The quantitative estimate of drug-likeness (QED) is 0.442. The van der Waals surface area contributed by atoms with Gasteiger partial charge in [0.25, 0.3) is 0 Å². The van der Waals surface area contributed by atoms with E-state index in [0.717, 1.165) is 33.9 Å². The Morgan fingerprint density at radius 1 is 1.21 bits per heavy atom. The third-order valence-electron chi connectivity index (χ3n) is 6.13. The van der Waals surface area contributed by atoms with Crippen LogP contribution in [0.25, 0.3) is 16.6 Å². The largest absolute Gasteiger partial charge is 0.338 e. The van der Waals surface area contributed by atoms with Gasteiger partial charge in [-0.05, 0) is 30.7 Å². The molecule has 1 saturated heterocycles. The van der Waals surface area contributed by atoms with Crippen LogP contribution >= 0.6 is 11.6 Å². The molecular weight excluding hydrogens is 450 g/mol. The fourth-order valence-electron chi connectivity index (χ4n) is 4.45. The molecule has 1 aliphatic heterocycles. The number of hydrogen-bond acceptors (Lipinski definition) is 5. The summed E-state index contributed by atoms with van der Waals surface area (Å²) in [6.45, 7) is 8.02. The number of halogens is 1. The summed E-state index contributed by atoms with van der Waals surface area (Å²) in [5, 5.41) is 13.5. The van der Waals surface area contributed by atoms with Crippen LogP contribution in [0.5, 0.6) is 0 Å². The first-order valence-electron chi connectivity index (χ1n) is 11.3. The van der Waals surface area contributed by atoms with E-state index in [2.05, 4.69) is 39.1 Å². The summed E-state index contributed by atoms with van der Waals surface area (Å²) < 4.78 is 2.05. The van der Waals surface area contributed by atoms with E-state index in [1.165, 1.54) is 0 Å². The highest BCUT2D eigenvalue weighted by atomic mass is 35.5. The van der Waals surface area contributed by atoms with E-state index in [0.29, 0.717) is 37.6 Å². The summed E-state index contributed by atoms with van der Waals surface area (Å²) in [4.78, 5) is 21.6. The molecule has 5 rings (SSSR count). The van der Waals surface area contributed by atoms with Crippen LogP contribution in [0, 0.1) is 0 Å². The second kappa shape index (κ2) is 9.30. The fourth-order valence-corrected chi connectivity index (χ4v) is 4.62. The van der Waals surface area contributed by atoms with Crippen molar-refractivity contribution in [2.24, 2.45) is 0 Å². The third-order valence-corrected chi connectivity index (χ3v) is 6.36. The highest BCUT2D eigenvalue weighted by Crippen LogP contribution is 2.28. The number of hydrogen-bond donors (Lipinski definition) is 1. The van der Waals surface area contributed by atoms with Crippen molar-refractivity contribution in [2.75, 3.05) is 31.1 Å². The minimum absolute atomic E-state index is 0.000437. The Kier molecular flexibility index (Phi) is 6.06. The van der Waals surface area contributed by atoms with Crippen LogP contribution in [0.2, 0.25) is 5.02 Å². The van der Waals surface area contributed by atoms with Crippen molar-refractivity contribution in [3.05, 3.63) is 77.6 Å². The number of nitrogens with one attached hydrogen (secondary N) is 1. The van der Waals surface area contributed by atoms with E-state index >= 15 is 0 Å². The van der Waals surface area contributed by atoms with Gasteiger partial charge in [-0.15, -0.1) is 16.8 Å². The average molecular weight is 476 g/mol. The lowest BCUT2D eigenvalue weighted by Gasteiger charge is -2.40. The van der Waals surface area contributed by atoms with E-state index < -0.39 is 0 Å². The number of carbonyl (C=O) groups is 1. The standard InChI is InChI=1S/C25H26ClN7O/c1-3-11-27-25(34)32-13-12-31(16-17(32)2)24-28-21-15-19(26)9-10-20(21)23-30-29-22(33(23)24)14-18-7-5-4-6-8-18/h3-10,15,17H,1,11-14,16H2,2H3,(H,27,34). The van der Waals surface area contributed by atoms with Crippen LogP contribution in [-0.4, -0.2) is 62.7 Å². The molecule has 0 bridgehead atoms. The summed E-state index contributed by atoms with van der Waals surface area (Å²) >= 11 is 6.28. The van der Waals surface area contributed by atoms with Gasteiger partial charge in [0.05, 0.1) is 5.52 Å². The van der Waals surface area contributed by atoms with Crippen LogP contribution in [0.4, 0.5) is 10.7 Å². The third kappa shape index (κ3) is 4.17. The maximum atomic E-state index is 12.5. The van der Waals surface area contributed by atoms with Gasteiger partial charge < -0.3 is 15.1 Å². The van der Waals surface area contributed by atoms with E-state index in [4.69, 9.17) is 16.6 Å². The zero-order chi connectivity index (χ0) is 23.7. The lowest BCUT2D eigenvalue weighted by Crippen LogP contribution is -2.57. The monoisotopic (exact) mass is 475 g/mol. The molecular formula is C25H26ClN7O. The fraction of sp³-hybridized carbons (Fsp3) is 0.280. The minimum Gasteiger partial charge on any atom is -0.338 e. The zero-order valence-corrected chi connectivity index (χ0v) is 19.7. The molecule has 3 heterocycles. The Morgan fingerprint density at radius 2 is 2.03 bits per heavy atom. The first-order chi connectivity index (χ1) is 16.5. The number of nitrogens with zero attached hydrogens (tertiary/aromatic N) is 6. The van der Waals surface area contributed by atoms with E-state index in [-0.39, 0.29) is 12.1 Å². The summed E-state index contributed by atoms with van der Waals surface area (Å²) in [6.07, 6.45) is 2.31. The zero-order valence-electron chi connectivity index (χ0n) is 19.0. The molecule has 1 unspecified atom stereocenters. The summed E-state index contributed by atoms with van der Waals surface area (Å²) in [6, 6.07) is 15.8. The van der Waals surface area contributed by atoms with E-state index in [1.807, 2.05) is 52.6 Å². The number of aromatic nitrogens is 4. The Hall–Kier alpha value is -3.65. The van der Waals surface area contributed by atoms with E-state index in [9.17, 15) is 4.79 Å². The van der Waals surface area contributed by atoms with Gasteiger partial charge in [-0.2, -0.15) is 0 Å². The summed E-state index contributed by atoms with van der Waals surface area (Å²) in [5.74, 6) is 1.58. The number of rotatable bonds is 5. The van der Waals surface area contributed by atoms with Gasteiger partial charge in [-0.25, -0.2) is 14.2 Å². The van der Waals surface area contributed by atoms with Gasteiger partial charge in [-0.3, -0.25) is 0 Å². The van der Waals surface area contributed by atoms with Crippen LogP contribution < -0.4 is 10.2 Å². The number of piperazine rings is 1. The number of amides is 2. The topological polar surface area (TPSA) is 78.7 Å². The van der Waals surface area contributed by atoms with Gasteiger partial charge in [0.15, 0.2) is 5.65 Å². The second-order valence-electron chi connectivity index (χ2n) is 8.47. The molecule has 2 aromatic heterocycles. The molecule has 0 saturated carbocycles. The van der Waals surface area contributed by atoms with Crippen LogP contribution in [-0.2, 0) is 6.42 Å². The Morgan fingerprint density at radius 3 is 2.79 bits per heavy atom. The lowest BCUT2D eigenvalue weighted by atomic mass is 10.1. The maximum absolute atomic E-state index is 12.5. The number of fused-ring (bicyclic) bond motifs is 3. The predicted molar refractivity (Wildman–Crippen MR) is 135 cm³/mol. The summed E-state index contributed by atoms with van der Waals surface area (Å²) in [5.41, 5.74) is 2.67. The van der Waals surface area contributed by atoms with Gasteiger partial charge in [0.2, 0.25) is 5.95 Å². The number of urea groups is 1. The molecule has 0 aliphatic carbocycles. The number of benzene rings is 2. The number of carbonyl (C=O) groups excluding carboxylic acids is 1. The van der Waals surface area contributed by atoms with Crippen LogP contribution in [0.3, 0.4) is 0 Å². The van der Waals surface area contributed by atoms with Gasteiger partial charge in [-0.1, -0.05) is 48.0 Å². The van der Waals surface area contributed by atoms with E-state index in [1.54, 1.807) is 6.08 Å². The molecule has 8 nitrogen and oxygen atoms in total. The highest BCUT2D eigenvalue weighted by Gasteiger charge is 2.30. The molecule has 2 amide bonds. The molecule has 174 valence electrons. The van der Waals surface area contributed by atoms with Gasteiger partial charge in [0.1, 0.15) is 5.82 Å².